The molecular formula is C30H31N3O2. The molecule has 4 aliphatic rings. The molecule has 1 amide bonds. The van der Waals surface area contributed by atoms with Crippen LogP contribution in [0.5, 0.6) is 11.5 Å². The third-order valence-corrected chi connectivity index (χ3v) is 8.28. The standard InChI is InChI=1S/C30H31N3O2/c34-29-23-9-3-4-10-24(23)30(31-29)25-13-11-21(32-15-5-1-6-16-32)19-27(25)35-28-20-22(12-14-26(28)30)33-17-7-2-8-18-33/h3-4,9-14,19-20H,1-2,5-8,15-18H2,(H,31,34). The molecule has 4 heterocycles. The predicted molar refractivity (Wildman–Crippen MR) is 139 cm³/mol. The van der Waals surface area contributed by atoms with Gasteiger partial charge in [-0.05, 0) is 62.3 Å². The van der Waals surface area contributed by atoms with Crippen molar-refractivity contribution in [1.29, 1.82) is 0 Å². The van der Waals surface area contributed by atoms with E-state index in [4.69, 9.17) is 4.74 Å². The van der Waals surface area contributed by atoms with Crippen molar-refractivity contribution in [2.24, 2.45) is 0 Å². The molecule has 1 N–H and O–H groups in total. The van der Waals surface area contributed by atoms with Crippen LogP contribution in [0.15, 0.2) is 60.7 Å². The molecule has 0 radical (unpaired) electrons. The second-order valence-corrected chi connectivity index (χ2v) is 10.3. The fourth-order valence-corrected chi connectivity index (χ4v) is 6.51. The molecule has 4 aliphatic heterocycles. The zero-order valence-electron chi connectivity index (χ0n) is 20.1. The van der Waals surface area contributed by atoms with Gasteiger partial charge in [-0.3, -0.25) is 4.79 Å². The van der Waals surface area contributed by atoms with Gasteiger partial charge in [-0.25, -0.2) is 0 Å². The fourth-order valence-electron chi connectivity index (χ4n) is 6.51. The molecule has 0 saturated carbocycles. The first-order valence-corrected chi connectivity index (χ1v) is 13.1. The van der Waals surface area contributed by atoms with Crippen LogP contribution in [0, 0.1) is 0 Å². The Kier molecular flexibility index (Phi) is 4.80. The summed E-state index contributed by atoms with van der Waals surface area (Å²) < 4.78 is 6.67. The maximum atomic E-state index is 13.2. The van der Waals surface area contributed by atoms with Crippen LogP contribution < -0.4 is 19.9 Å². The Bertz CT molecular complexity index is 1240. The van der Waals surface area contributed by atoms with E-state index >= 15 is 0 Å². The molecule has 1 spiro atoms. The van der Waals surface area contributed by atoms with Crippen LogP contribution in [-0.2, 0) is 5.54 Å². The minimum atomic E-state index is -0.739. The quantitative estimate of drug-likeness (QED) is 0.519. The van der Waals surface area contributed by atoms with Crippen molar-refractivity contribution in [3.8, 4) is 11.5 Å². The number of piperidine rings is 2. The second kappa shape index (κ2) is 8.04. The van der Waals surface area contributed by atoms with Crippen LogP contribution in [0.1, 0.15) is 65.6 Å². The molecule has 3 aromatic rings. The highest BCUT2D eigenvalue weighted by Gasteiger charge is 2.51. The van der Waals surface area contributed by atoms with E-state index in [0.29, 0.717) is 0 Å². The maximum absolute atomic E-state index is 13.2. The van der Waals surface area contributed by atoms with Crippen molar-refractivity contribution in [3.05, 3.63) is 82.9 Å². The van der Waals surface area contributed by atoms with Gasteiger partial charge in [0.2, 0.25) is 0 Å². The highest BCUT2D eigenvalue weighted by molar-refractivity contribution is 6.02. The Morgan fingerprint density at radius 3 is 1.77 bits per heavy atom. The number of carbonyl (C=O) groups excluding carboxylic acids is 1. The highest BCUT2D eigenvalue weighted by atomic mass is 16.5. The Morgan fingerprint density at radius 2 is 1.20 bits per heavy atom. The van der Waals surface area contributed by atoms with Gasteiger partial charge < -0.3 is 19.9 Å². The van der Waals surface area contributed by atoms with Gasteiger partial charge in [0.05, 0.1) is 0 Å². The number of nitrogens with zero attached hydrogens (tertiary/aromatic N) is 2. The zero-order valence-corrected chi connectivity index (χ0v) is 20.1. The number of rotatable bonds is 2. The summed E-state index contributed by atoms with van der Waals surface area (Å²) in [5.74, 6) is 1.65. The first-order valence-electron chi connectivity index (χ1n) is 13.1. The largest absolute Gasteiger partial charge is 0.456 e. The van der Waals surface area contributed by atoms with E-state index < -0.39 is 5.54 Å². The van der Waals surface area contributed by atoms with Gasteiger partial charge in [0, 0.05) is 66.4 Å². The number of ether oxygens (including phenoxy) is 1. The molecule has 0 unspecified atom stereocenters. The van der Waals surface area contributed by atoms with Crippen molar-refractivity contribution < 1.29 is 9.53 Å². The second-order valence-electron chi connectivity index (χ2n) is 10.3. The number of hydrogen-bond acceptors (Lipinski definition) is 4. The molecule has 178 valence electrons. The maximum Gasteiger partial charge on any atom is 0.252 e. The Labute approximate surface area is 206 Å². The predicted octanol–water partition coefficient (Wildman–Crippen LogP) is 5.81. The van der Waals surface area contributed by atoms with Crippen LogP contribution in [0.25, 0.3) is 0 Å². The summed E-state index contributed by atoms with van der Waals surface area (Å²) in [7, 11) is 0. The average Bonchev–Trinajstić information content (AvgIpc) is 3.22. The summed E-state index contributed by atoms with van der Waals surface area (Å²) in [5.41, 5.74) is 5.43. The number of fused-ring (bicyclic) bond motifs is 6. The molecule has 0 bridgehead atoms. The Morgan fingerprint density at radius 1 is 0.657 bits per heavy atom. The summed E-state index contributed by atoms with van der Waals surface area (Å²) in [5, 5.41) is 3.40. The van der Waals surface area contributed by atoms with E-state index in [1.807, 2.05) is 18.2 Å². The molecule has 7 rings (SSSR count). The lowest BCUT2D eigenvalue weighted by atomic mass is 9.75. The van der Waals surface area contributed by atoms with E-state index in [-0.39, 0.29) is 5.91 Å². The molecule has 3 aromatic carbocycles. The smallest absolute Gasteiger partial charge is 0.252 e. The third-order valence-electron chi connectivity index (χ3n) is 8.28. The summed E-state index contributed by atoms with van der Waals surface area (Å²) in [4.78, 5) is 18.1. The van der Waals surface area contributed by atoms with Crippen molar-refractivity contribution in [1.82, 2.24) is 5.32 Å². The summed E-state index contributed by atoms with van der Waals surface area (Å²) in [6.45, 7) is 4.33. The van der Waals surface area contributed by atoms with Crippen molar-refractivity contribution in [2.45, 2.75) is 44.1 Å². The SMILES string of the molecule is O=C1NC2(c3ccc(N4CCCCC4)cc3Oc3cc(N4CCCCC4)ccc32)c2ccccc21. The number of carbonyl (C=O) groups is 1. The lowest BCUT2D eigenvalue weighted by Gasteiger charge is -2.39. The van der Waals surface area contributed by atoms with Crippen LogP contribution in [0.2, 0.25) is 0 Å². The molecule has 2 saturated heterocycles. The first kappa shape index (κ1) is 20.9. The third kappa shape index (κ3) is 3.17. The lowest BCUT2D eigenvalue weighted by Crippen LogP contribution is -2.43. The average molecular weight is 466 g/mol. The zero-order chi connectivity index (χ0) is 23.4. The van der Waals surface area contributed by atoms with Crippen LogP contribution in [0.4, 0.5) is 11.4 Å². The number of amides is 1. The van der Waals surface area contributed by atoms with Gasteiger partial charge in [-0.1, -0.05) is 30.3 Å². The molecule has 5 heteroatoms. The van der Waals surface area contributed by atoms with Crippen molar-refractivity contribution >= 4 is 17.3 Å². The van der Waals surface area contributed by atoms with E-state index in [9.17, 15) is 4.79 Å². The molecular weight excluding hydrogens is 434 g/mol. The normalized spacial score (nSPS) is 20.1. The molecule has 5 nitrogen and oxygen atoms in total. The molecule has 0 aliphatic carbocycles. The topological polar surface area (TPSA) is 44.8 Å². The fraction of sp³-hybridized carbons (Fsp3) is 0.367. The highest BCUT2D eigenvalue weighted by Crippen LogP contribution is 2.54. The van der Waals surface area contributed by atoms with E-state index in [2.05, 4.69) is 57.6 Å². The van der Waals surface area contributed by atoms with Crippen molar-refractivity contribution in [2.75, 3.05) is 36.0 Å². The first-order chi connectivity index (χ1) is 17.2. The Hall–Kier alpha value is -3.47. The molecule has 35 heavy (non-hydrogen) atoms. The number of hydrogen-bond donors (Lipinski definition) is 1. The lowest BCUT2D eigenvalue weighted by molar-refractivity contribution is 0.0947. The number of benzene rings is 3. The molecule has 2 fully saturated rings. The van der Waals surface area contributed by atoms with Gasteiger partial charge in [0.15, 0.2) is 0 Å². The van der Waals surface area contributed by atoms with Crippen LogP contribution in [0.3, 0.4) is 0 Å². The number of nitrogens with one attached hydrogen (secondary N) is 1. The summed E-state index contributed by atoms with van der Waals surface area (Å²) >= 11 is 0. The van der Waals surface area contributed by atoms with Crippen LogP contribution >= 0.6 is 0 Å². The van der Waals surface area contributed by atoms with Gasteiger partial charge in [-0.2, -0.15) is 0 Å². The summed E-state index contributed by atoms with van der Waals surface area (Å²) in [6.07, 6.45) is 7.52. The van der Waals surface area contributed by atoms with Gasteiger partial charge in [-0.15, -0.1) is 0 Å². The van der Waals surface area contributed by atoms with Gasteiger partial charge in [0.25, 0.3) is 5.91 Å². The number of anilines is 2. The molecule has 0 atom stereocenters. The van der Waals surface area contributed by atoms with Crippen molar-refractivity contribution in [3.63, 3.8) is 0 Å². The van der Waals surface area contributed by atoms with E-state index in [0.717, 1.165) is 59.9 Å². The molecule has 0 aromatic heterocycles. The monoisotopic (exact) mass is 465 g/mol. The van der Waals surface area contributed by atoms with E-state index in [1.165, 1.54) is 49.9 Å². The van der Waals surface area contributed by atoms with Crippen LogP contribution in [-0.4, -0.2) is 32.1 Å². The minimum absolute atomic E-state index is 0.0281. The van der Waals surface area contributed by atoms with Gasteiger partial charge in [0.1, 0.15) is 17.0 Å². The summed E-state index contributed by atoms with van der Waals surface area (Å²) in [6, 6.07) is 21.1. The Balaban J connectivity index is 1.40. The van der Waals surface area contributed by atoms with Gasteiger partial charge >= 0.3 is 0 Å². The van der Waals surface area contributed by atoms with E-state index in [1.54, 1.807) is 0 Å². The minimum Gasteiger partial charge on any atom is -0.456 e.